The van der Waals surface area contributed by atoms with E-state index in [-0.39, 0.29) is 17.3 Å². The largest absolute Gasteiger partial charge is 0.480 e. The number of nitrogens with one attached hydrogen (secondary N) is 2. The van der Waals surface area contributed by atoms with Crippen LogP contribution in [-0.4, -0.2) is 58.3 Å². The number of anilines is 2. The number of likely N-dealkylation sites (tertiary alicyclic amines) is 1. The molecule has 1 aliphatic heterocycles. The molecule has 0 bridgehead atoms. The van der Waals surface area contributed by atoms with Gasteiger partial charge in [-0.15, -0.1) is 0 Å². The third-order valence-corrected chi connectivity index (χ3v) is 8.96. The predicted molar refractivity (Wildman–Crippen MR) is 161 cm³/mol. The molecule has 0 spiro atoms. The number of methoxy groups -OCH3 is 1. The Kier molecular flexibility index (Phi) is 8.60. The van der Waals surface area contributed by atoms with Gasteiger partial charge in [-0.05, 0) is 79.9 Å². The molecule has 42 heavy (non-hydrogen) atoms. The van der Waals surface area contributed by atoms with Gasteiger partial charge < -0.3 is 14.8 Å². The molecule has 1 atom stereocenters. The Morgan fingerprint density at radius 2 is 1.86 bits per heavy atom. The average Bonchev–Trinajstić information content (AvgIpc) is 3.43. The van der Waals surface area contributed by atoms with Gasteiger partial charge in [0.15, 0.2) is 5.82 Å². The summed E-state index contributed by atoms with van der Waals surface area (Å²) in [6, 6.07) is 9.97. The van der Waals surface area contributed by atoms with E-state index in [0.29, 0.717) is 57.2 Å². The first-order valence-electron chi connectivity index (χ1n) is 13.9. The predicted octanol–water partition coefficient (Wildman–Crippen LogP) is 7.52. The summed E-state index contributed by atoms with van der Waals surface area (Å²) in [5.41, 5.74) is 0.975. The van der Waals surface area contributed by atoms with Crippen molar-refractivity contribution in [1.29, 1.82) is 0 Å². The van der Waals surface area contributed by atoms with E-state index in [0.717, 1.165) is 44.2 Å². The number of hydrogen-bond donors (Lipinski definition) is 2. The monoisotopic (exact) mass is 614 g/mol. The zero-order valence-electron chi connectivity index (χ0n) is 22.9. The van der Waals surface area contributed by atoms with Gasteiger partial charge in [0.2, 0.25) is 11.8 Å². The van der Waals surface area contributed by atoms with E-state index >= 15 is 4.39 Å². The quantitative estimate of drug-likeness (QED) is 0.197. The topological polar surface area (TPSA) is 75.2 Å². The highest BCUT2D eigenvalue weighted by Crippen LogP contribution is 2.36. The molecule has 2 aliphatic rings. The normalized spacial score (nSPS) is 21.0. The Balaban J connectivity index is 1.15. The highest BCUT2D eigenvalue weighted by molar-refractivity contribution is 8.00. The number of halogens is 4. The second-order valence-electron chi connectivity index (χ2n) is 10.6. The molecular formula is C30H30ClF3N6OS. The minimum atomic E-state index is -0.735. The van der Waals surface area contributed by atoms with Crippen LogP contribution in [0.25, 0.3) is 22.0 Å². The van der Waals surface area contributed by atoms with Crippen molar-refractivity contribution in [2.24, 2.45) is 0 Å². The standard InChI is InChI=1S/C30H30ClF3N6OS/c1-41-29-26(13-19(31)15-35-29)42-39-25-9-7-23(33)27(28(25)34)17-2-8-24-18(12-17)14-36-30(38-24)37-21-3-5-22(6-4-21)40-11-10-20(32)16-40/h2,7-9,12-15,20-22,39H,3-6,10-11,16H2,1H3,(H,36,37,38). The van der Waals surface area contributed by atoms with Crippen LogP contribution < -0.4 is 14.8 Å². The number of pyridine rings is 1. The van der Waals surface area contributed by atoms with Gasteiger partial charge in [-0.25, -0.2) is 28.1 Å². The van der Waals surface area contributed by atoms with E-state index in [4.69, 9.17) is 16.3 Å². The Morgan fingerprint density at radius 1 is 1.02 bits per heavy atom. The van der Waals surface area contributed by atoms with Crippen molar-refractivity contribution in [3.05, 3.63) is 65.4 Å². The number of benzene rings is 2. The molecule has 1 aliphatic carbocycles. The molecule has 1 saturated carbocycles. The van der Waals surface area contributed by atoms with Crippen molar-refractivity contribution >= 4 is 46.1 Å². The number of rotatable bonds is 8. The van der Waals surface area contributed by atoms with E-state index in [1.807, 2.05) is 0 Å². The van der Waals surface area contributed by atoms with Gasteiger partial charge in [-0.1, -0.05) is 17.7 Å². The summed E-state index contributed by atoms with van der Waals surface area (Å²) in [4.78, 5) is 16.1. The summed E-state index contributed by atoms with van der Waals surface area (Å²) in [5.74, 6) is -0.568. The van der Waals surface area contributed by atoms with Crippen LogP contribution in [0.1, 0.15) is 32.1 Å². The number of fused-ring (bicyclic) bond motifs is 1. The third kappa shape index (κ3) is 6.23. The maximum atomic E-state index is 15.6. The van der Waals surface area contributed by atoms with Crippen molar-refractivity contribution in [3.8, 4) is 17.0 Å². The minimum absolute atomic E-state index is 0.0956. The number of aromatic nitrogens is 3. The molecular weight excluding hydrogens is 585 g/mol. The average molecular weight is 615 g/mol. The summed E-state index contributed by atoms with van der Waals surface area (Å²) in [6.45, 7) is 1.41. The van der Waals surface area contributed by atoms with Crippen molar-refractivity contribution in [3.63, 3.8) is 0 Å². The first-order chi connectivity index (χ1) is 20.4. The number of ether oxygens (including phenoxy) is 1. The third-order valence-electron chi connectivity index (χ3n) is 7.92. The van der Waals surface area contributed by atoms with Crippen LogP contribution in [0.4, 0.5) is 24.8 Å². The van der Waals surface area contributed by atoms with E-state index in [2.05, 4.69) is 29.9 Å². The van der Waals surface area contributed by atoms with Crippen LogP contribution in [0, 0.1) is 11.6 Å². The van der Waals surface area contributed by atoms with Gasteiger partial charge in [0, 0.05) is 43.0 Å². The molecule has 0 amide bonds. The van der Waals surface area contributed by atoms with Crippen molar-refractivity contribution < 1.29 is 17.9 Å². The summed E-state index contributed by atoms with van der Waals surface area (Å²) < 4.78 is 52.3. The Morgan fingerprint density at radius 3 is 2.62 bits per heavy atom. The Labute approximate surface area is 251 Å². The molecule has 1 unspecified atom stereocenters. The summed E-state index contributed by atoms with van der Waals surface area (Å²) in [7, 11) is 1.48. The van der Waals surface area contributed by atoms with Crippen LogP contribution in [0.15, 0.2) is 53.7 Å². The Bertz CT molecular complexity index is 1590. The van der Waals surface area contributed by atoms with E-state index in [1.165, 1.54) is 25.4 Å². The number of alkyl halides is 1. The van der Waals surface area contributed by atoms with Crippen LogP contribution in [-0.2, 0) is 0 Å². The van der Waals surface area contributed by atoms with E-state index in [9.17, 15) is 8.78 Å². The van der Waals surface area contributed by atoms with Gasteiger partial charge in [0.25, 0.3) is 0 Å². The van der Waals surface area contributed by atoms with E-state index in [1.54, 1.807) is 30.5 Å². The van der Waals surface area contributed by atoms with Crippen molar-refractivity contribution in [1.82, 2.24) is 19.9 Å². The van der Waals surface area contributed by atoms with Gasteiger partial charge in [0.05, 0.1) is 33.8 Å². The molecule has 12 heteroatoms. The fourth-order valence-corrected chi connectivity index (χ4v) is 6.75. The van der Waals surface area contributed by atoms with Crippen LogP contribution in [0.2, 0.25) is 5.02 Å². The van der Waals surface area contributed by atoms with Gasteiger partial charge in [-0.3, -0.25) is 4.90 Å². The first-order valence-corrected chi connectivity index (χ1v) is 15.1. The molecule has 3 heterocycles. The van der Waals surface area contributed by atoms with Gasteiger partial charge >= 0.3 is 0 Å². The Hall–Kier alpha value is -3.28. The van der Waals surface area contributed by atoms with Crippen molar-refractivity contribution in [2.75, 3.05) is 30.2 Å². The molecule has 4 aromatic rings. The molecule has 2 aromatic heterocycles. The molecule has 1 saturated heterocycles. The maximum absolute atomic E-state index is 15.6. The highest BCUT2D eigenvalue weighted by atomic mass is 35.5. The molecule has 220 valence electrons. The van der Waals surface area contributed by atoms with E-state index < -0.39 is 17.8 Å². The van der Waals surface area contributed by atoms with Gasteiger partial charge in [-0.2, -0.15) is 0 Å². The molecule has 2 N–H and O–H groups in total. The number of nitrogens with zero attached hydrogens (tertiary/aromatic N) is 4. The second-order valence-corrected chi connectivity index (χ2v) is 11.9. The lowest BCUT2D eigenvalue weighted by Crippen LogP contribution is -2.39. The second kappa shape index (κ2) is 12.5. The fraction of sp³-hybridized carbons (Fsp3) is 0.367. The fourth-order valence-electron chi connectivity index (χ4n) is 5.74. The zero-order chi connectivity index (χ0) is 29.2. The smallest absolute Gasteiger partial charge is 0.228 e. The lowest BCUT2D eigenvalue weighted by molar-refractivity contribution is 0.173. The molecule has 0 radical (unpaired) electrons. The van der Waals surface area contributed by atoms with Crippen LogP contribution in [0.5, 0.6) is 5.88 Å². The molecule has 2 aromatic carbocycles. The summed E-state index contributed by atoms with van der Waals surface area (Å²) in [6.07, 6.45) is 7.06. The highest BCUT2D eigenvalue weighted by Gasteiger charge is 2.31. The SMILES string of the molecule is COc1ncc(Cl)cc1SNc1ccc(F)c(-c2ccc3nc(NC4CCC(N5CCC(F)C5)CC4)ncc3c2)c1F. The molecule has 2 fully saturated rings. The summed E-state index contributed by atoms with van der Waals surface area (Å²) in [5, 5.41) is 4.50. The molecule has 7 nitrogen and oxygen atoms in total. The summed E-state index contributed by atoms with van der Waals surface area (Å²) >= 11 is 7.10. The van der Waals surface area contributed by atoms with Gasteiger partial charge in [0.1, 0.15) is 12.0 Å². The lowest BCUT2D eigenvalue weighted by atomic mass is 9.90. The molecule has 6 rings (SSSR count). The number of hydrogen-bond acceptors (Lipinski definition) is 8. The first kappa shape index (κ1) is 28.8. The van der Waals surface area contributed by atoms with Crippen molar-refractivity contribution in [2.45, 2.75) is 55.3 Å². The zero-order valence-corrected chi connectivity index (χ0v) is 24.5. The van der Waals surface area contributed by atoms with Crippen LogP contribution in [0.3, 0.4) is 0 Å². The van der Waals surface area contributed by atoms with Crippen LogP contribution >= 0.6 is 23.5 Å². The minimum Gasteiger partial charge on any atom is -0.480 e. The maximum Gasteiger partial charge on any atom is 0.228 e. The lowest BCUT2D eigenvalue weighted by Gasteiger charge is -2.34.